The van der Waals surface area contributed by atoms with E-state index >= 15 is 0 Å². The van der Waals surface area contributed by atoms with Gasteiger partial charge in [0.15, 0.2) is 18.1 Å². The molecule has 7 heteroatoms. The number of hydrogen-bond acceptors (Lipinski definition) is 6. The first-order valence-electron chi connectivity index (χ1n) is 9.61. The van der Waals surface area contributed by atoms with E-state index in [2.05, 4.69) is 5.16 Å². The standard InChI is InChI=1S/C20H28N2O5/c1-25-18-7-6-15(12-19(18)27-17-4-2-3-5-17)13-21-26-14-20(24)22-10-8-16(23)9-11-22/h6-7,12-13,16-17,23H,2-5,8-11,14H2,1H3/b21-13+. The van der Waals surface area contributed by atoms with Crippen LogP contribution in [0.25, 0.3) is 0 Å². The van der Waals surface area contributed by atoms with E-state index < -0.39 is 0 Å². The van der Waals surface area contributed by atoms with Crippen molar-refractivity contribution in [2.75, 3.05) is 26.8 Å². The number of amides is 1. The Labute approximate surface area is 159 Å². The largest absolute Gasteiger partial charge is 0.493 e. The highest BCUT2D eigenvalue weighted by Crippen LogP contribution is 2.32. The van der Waals surface area contributed by atoms with Gasteiger partial charge >= 0.3 is 0 Å². The van der Waals surface area contributed by atoms with Crippen molar-refractivity contribution in [3.63, 3.8) is 0 Å². The predicted octanol–water partition coefficient (Wildman–Crippen LogP) is 2.35. The molecule has 1 heterocycles. The summed E-state index contributed by atoms with van der Waals surface area (Å²) < 4.78 is 11.4. The Kier molecular flexibility index (Phi) is 6.92. The van der Waals surface area contributed by atoms with E-state index in [4.69, 9.17) is 14.3 Å². The van der Waals surface area contributed by atoms with Gasteiger partial charge in [-0.3, -0.25) is 4.79 Å². The molecule has 3 rings (SSSR count). The summed E-state index contributed by atoms with van der Waals surface area (Å²) in [5.41, 5.74) is 0.817. The second-order valence-electron chi connectivity index (χ2n) is 7.05. The van der Waals surface area contributed by atoms with Gasteiger partial charge in [-0.2, -0.15) is 0 Å². The second-order valence-corrected chi connectivity index (χ2v) is 7.05. The van der Waals surface area contributed by atoms with Crippen LogP contribution in [0.5, 0.6) is 11.5 Å². The molecule has 1 aliphatic heterocycles. The van der Waals surface area contributed by atoms with Crippen LogP contribution in [-0.2, 0) is 9.63 Å². The summed E-state index contributed by atoms with van der Waals surface area (Å²) in [4.78, 5) is 18.9. The molecule has 148 valence electrons. The fraction of sp³-hybridized carbons (Fsp3) is 0.600. The summed E-state index contributed by atoms with van der Waals surface area (Å²) in [6, 6.07) is 5.58. The van der Waals surface area contributed by atoms with E-state index in [0.29, 0.717) is 37.4 Å². The molecule has 1 aromatic rings. The normalized spacial score (nSPS) is 18.8. The first-order chi connectivity index (χ1) is 13.2. The van der Waals surface area contributed by atoms with Crippen LogP contribution in [0.3, 0.4) is 0 Å². The molecule has 0 radical (unpaired) electrons. The molecule has 1 saturated heterocycles. The van der Waals surface area contributed by atoms with E-state index in [1.165, 1.54) is 12.8 Å². The Morgan fingerprint density at radius 2 is 1.96 bits per heavy atom. The lowest BCUT2D eigenvalue weighted by Crippen LogP contribution is -2.41. The maximum atomic E-state index is 12.1. The fourth-order valence-electron chi connectivity index (χ4n) is 3.45. The molecule has 0 spiro atoms. The number of methoxy groups -OCH3 is 1. The van der Waals surface area contributed by atoms with Gasteiger partial charge in [-0.1, -0.05) is 5.16 Å². The molecule has 1 N–H and O–H groups in total. The van der Waals surface area contributed by atoms with Crippen LogP contribution in [0.15, 0.2) is 23.4 Å². The van der Waals surface area contributed by atoms with E-state index in [1.807, 2.05) is 18.2 Å². The van der Waals surface area contributed by atoms with Crippen LogP contribution in [0.1, 0.15) is 44.1 Å². The Morgan fingerprint density at radius 1 is 1.22 bits per heavy atom. The molecule has 0 unspecified atom stereocenters. The number of hydrogen-bond donors (Lipinski definition) is 1. The number of carbonyl (C=O) groups is 1. The smallest absolute Gasteiger partial charge is 0.263 e. The quantitative estimate of drug-likeness (QED) is 0.584. The van der Waals surface area contributed by atoms with Crippen LogP contribution in [0, 0.1) is 0 Å². The second kappa shape index (κ2) is 9.60. The predicted molar refractivity (Wildman–Crippen MR) is 101 cm³/mol. The van der Waals surface area contributed by atoms with Crippen molar-refractivity contribution in [1.29, 1.82) is 0 Å². The van der Waals surface area contributed by atoms with Crippen LogP contribution in [0.2, 0.25) is 0 Å². The Hall–Kier alpha value is -2.28. The van der Waals surface area contributed by atoms with Crippen LogP contribution in [-0.4, -0.2) is 61.1 Å². The van der Waals surface area contributed by atoms with Gasteiger partial charge in [0, 0.05) is 18.7 Å². The maximum Gasteiger partial charge on any atom is 0.263 e. The maximum absolute atomic E-state index is 12.1. The third kappa shape index (κ3) is 5.60. The third-order valence-corrected chi connectivity index (χ3v) is 5.07. The lowest BCUT2D eigenvalue weighted by Gasteiger charge is -2.29. The van der Waals surface area contributed by atoms with Gasteiger partial charge in [0.05, 0.1) is 25.5 Å². The zero-order valence-corrected chi connectivity index (χ0v) is 15.8. The molecule has 0 aromatic heterocycles. The molecule has 2 fully saturated rings. The van der Waals surface area contributed by atoms with E-state index in [-0.39, 0.29) is 24.7 Å². The number of benzene rings is 1. The number of oxime groups is 1. The van der Waals surface area contributed by atoms with Crippen LogP contribution >= 0.6 is 0 Å². The molecule has 1 aliphatic carbocycles. The van der Waals surface area contributed by atoms with Gasteiger partial charge in [-0.05, 0) is 56.7 Å². The first kappa shape index (κ1) is 19.5. The summed E-state index contributed by atoms with van der Waals surface area (Å²) in [6.07, 6.45) is 7.27. The van der Waals surface area contributed by atoms with Gasteiger partial charge in [0.1, 0.15) is 0 Å². The van der Waals surface area contributed by atoms with Crippen molar-refractivity contribution >= 4 is 12.1 Å². The summed E-state index contributed by atoms with van der Waals surface area (Å²) in [7, 11) is 1.62. The molecular formula is C20H28N2O5. The first-order valence-corrected chi connectivity index (χ1v) is 9.61. The lowest BCUT2D eigenvalue weighted by molar-refractivity contribution is -0.138. The molecule has 27 heavy (non-hydrogen) atoms. The molecule has 1 amide bonds. The lowest BCUT2D eigenvalue weighted by atomic mass is 10.1. The minimum Gasteiger partial charge on any atom is -0.493 e. The van der Waals surface area contributed by atoms with Crippen molar-refractivity contribution in [2.24, 2.45) is 5.16 Å². The molecule has 2 aliphatic rings. The monoisotopic (exact) mass is 376 g/mol. The molecule has 0 atom stereocenters. The van der Waals surface area contributed by atoms with Crippen molar-refractivity contribution in [1.82, 2.24) is 4.90 Å². The summed E-state index contributed by atoms with van der Waals surface area (Å²) in [5.74, 6) is 1.29. The van der Waals surface area contributed by atoms with Crippen molar-refractivity contribution < 1.29 is 24.2 Å². The van der Waals surface area contributed by atoms with Gasteiger partial charge < -0.3 is 24.3 Å². The average molecular weight is 376 g/mol. The highest BCUT2D eigenvalue weighted by Gasteiger charge is 2.21. The van der Waals surface area contributed by atoms with Crippen molar-refractivity contribution in [3.05, 3.63) is 23.8 Å². The van der Waals surface area contributed by atoms with Crippen molar-refractivity contribution in [2.45, 2.75) is 50.7 Å². The van der Waals surface area contributed by atoms with Gasteiger partial charge in [0.25, 0.3) is 5.91 Å². The third-order valence-electron chi connectivity index (χ3n) is 5.07. The van der Waals surface area contributed by atoms with Gasteiger partial charge in [-0.25, -0.2) is 0 Å². The average Bonchev–Trinajstić information content (AvgIpc) is 3.19. The Morgan fingerprint density at radius 3 is 2.67 bits per heavy atom. The number of carbonyl (C=O) groups excluding carboxylic acids is 1. The van der Waals surface area contributed by atoms with Crippen LogP contribution in [0.4, 0.5) is 0 Å². The summed E-state index contributed by atoms with van der Waals surface area (Å²) in [6.45, 7) is 1.02. The Bertz CT molecular complexity index is 650. The summed E-state index contributed by atoms with van der Waals surface area (Å²) in [5, 5.41) is 13.4. The number of likely N-dealkylation sites (tertiary alicyclic amines) is 1. The molecule has 7 nitrogen and oxygen atoms in total. The minimum atomic E-state index is -0.302. The number of nitrogens with zero attached hydrogens (tertiary/aromatic N) is 2. The SMILES string of the molecule is COc1ccc(/C=N/OCC(=O)N2CCC(O)CC2)cc1OC1CCCC1. The fourth-order valence-corrected chi connectivity index (χ4v) is 3.45. The molecular weight excluding hydrogens is 348 g/mol. The molecule has 0 bridgehead atoms. The highest BCUT2D eigenvalue weighted by molar-refractivity contribution is 5.81. The van der Waals surface area contributed by atoms with E-state index in [9.17, 15) is 9.90 Å². The van der Waals surface area contributed by atoms with Gasteiger partial charge in [0.2, 0.25) is 0 Å². The number of piperidine rings is 1. The number of ether oxygens (including phenoxy) is 2. The van der Waals surface area contributed by atoms with E-state index in [1.54, 1.807) is 18.2 Å². The topological polar surface area (TPSA) is 80.6 Å². The number of rotatable bonds is 7. The molecule has 1 saturated carbocycles. The number of aliphatic hydroxyl groups excluding tert-OH is 1. The molecule has 1 aromatic carbocycles. The van der Waals surface area contributed by atoms with Crippen LogP contribution < -0.4 is 9.47 Å². The number of aliphatic hydroxyl groups is 1. The van der Waals surface area contributed by atoms with Gasteiger partial charge in [-0.15, -0.1) is 0 Å². The summed E-state index contributed by atoms with van der Waals surface area (Å²) >= 11 is 0. The zero-order valence-electron chi connectivity index (χ0n) is 15.8. The Balaban J connectivity index is 1.51. The zero-order chi connectivity index (χ0) is 19.1. The van der Waals surface area contributed by atoms with Crippen molar-refractivity contribution in [3.8, 4) is 11.5 Å². The minimum absolute atomic E-state index is 0.103. The highest BCUT2D eigenvalue weighted by atomic mass is 16.6. The van der Waals surface area contributed by atoms with E-state index in [0.717, 1.165) is 18.4 Å².